The van der Waals surface area contributed by atoms with Crippen molar-refractivity contribution < 1.29 is 5.11 Å². The van der Waals surface area contributed by atoms with Gasteiger partial charge < -0.3 is 5.11 Å². The molecule has 1 aliphatic rings. The highest BCUT2D eigenvalue weighted by Gasteiger charge is 2.24. The van der Waals surface area contributed by atoms with Crippen LogP contribution < -0.4 is 0 Å². The molecule has 15 heavy (non-hydrogen) atoms. The van der Waals surface area contributed by atoms with Crippen LogP contribution in [-0.4, -0.2) is 5.11 Å². The van der Waals surface area contributed by atoms with Crippen molar-refractivity contribution in [3.05, 3.63) is 40.5 Å². The van der Waals surface area contributed by atoms with Crippen LogP contribution >= 0.6 is 0 Å². The minimum absolute atomic E-state index is 0.276. The molecule has 1 aliphatic carbocycles. The van der Waals surface area contributed by atoms with Gasteiger partial charge in [-0.25, -0.2) is 0 Å². The summed E-state index contributed by atoms with van der Waals surface area (Å²) >= 11 is 0. The fraction of sp³-hybridized carbons (Fsp3) is 0.429. The molecule has 80 valence electrons. The second-order valence-corrected chi connectivity index (χ2v) is 4.40. The third-order valence-electron chi connectivity index (χ3n) is 3.41. The molecule has 0 saturated carbocycles. The van der Waals surface area contributed by atoms with Crippen molar-refractivity contribution in [3.63, 3.8) is 0 Å². The maximum atomic E-state index is 10.3. The van der Waals surface area contributed by atoms with E-state index in [2.05, 4.69) is 45.1 Å². The smallest absolute Gasteiger partial charge is 0.0861 e. The van der Waals surface area contributed by atoms with E-state index in [0.29, 0.717) is 0 Å². The Hall–Kier alpha value is -1.08. The lowest BCUT2D eigenvalue weighted by Crippen LogP contribution is -2.16. The van der Waals surface area contributed by atoms with Crippen molar-refractivity contribution in [2.75, 3.05) is 0 Å². The number of rotatable bonds is 1. The summed E-state index contributed by atoms with van der Waals surface area (Å²) in [6.07, 6.45) is 4.97. The van der Waals surface area contributed by atoms with Gasteiger partial charge in [0.15, 0.2) is 0 Å². The van der Waals surface area contributed by atoms with Crippen LogP contribution in [-0.2, 0) is 0 Å². The minimum Gasteiger partial charge on any atom is -0.388 e. The topological polar surface area (TPSA) is 20.2 Å². The molecule has 2 rings (SSSR count). The van der Waals surface area contributed by atoms with Crippen LogP contribution in [0, 0.1) is 19.8 Å². The molecule has 1 N–H and O–H groups in total. The van der Waals surface area contributed by atoms with E-state index in [-0.39, 0.29) is 12.0 Å². The third kappa shape index (κ3) is 1.61. The second-order valence-electron chi connectivity index (χ2n) is 4.40. The predicted molar refractivity (Wildman–Crippen MR) is 63.7 cm³/mol. The molecule has 0 saturated heterocycles. The first kappa shape index (κ1) is 10.4. The first-order valence-corrected chi connectivity index (χ1v) is 5.61. The zero-order chi connectivity index (χ0) is 11.0. The Balaban J connectivity index is 2.58. The second kappa shape index (κ2) is 3.82. The summed E-state index contributed by atoms with van der Waals surface area (Å²) in [5, 5.41) is 10.3. The van der Waals surface area contributed by atoms with E-state index in [9.17, 15) is 5.11 Å². The Labute approximate surface area is 91.4 Å². The van der Waals surface area contributed by atoms with Crippen molar-refractivity contribution >= 4 is 6.08 Å². The van der Waals surface area contributed by atoms with Crippen LogP contribution in [0.5, 0.6) is 0 Å². The molecule has 1 aromatic carbocycles. The number of fused-ring (bicyclic) bond motifs is 1. The van der Waals surface area contributed by atoms with Crippen LogP contribution in [0.4, 0.5) is 0 Å². The summed E-state index contributed by atoms with van der Waals surface area (Å²) in [7, 11) is 0. The SMILES string of the molecule is CCC1C=Cc2c(C)ccc(C)c2C1O. The Morgan fingerprint density at radius 2 is 1.87 bits per heavy atom. The molecule has 1 nitrogen and oxygen atoms in total. The van der Waals surface area contributed by atoms with Gasteiger partial charge in [-0.05, 0) is 42.5 Å². The van der Waals surface area contributed by atoms with Gasteiger partial charge in [-0.15, -0.1) is 0 Å². The molecule has 1 aromatic rings. The Bertz CT molecular complexity index is 404. The van der Waals surface area contributed by atoms with Gasteiger partial charge >= 0.3 is 0 Å². The van der Waals surface area contributed by atoms with Gasteiger partial charge in [-0.3, -0.25) is 0 Å². The highest BCUT2D eigenvalue weighted by Crippen LogP contribution is 2.37. The number of aryl methyl sites for hydroxylation is 2. The quantitative estimate of drug-likeness (QED) is 0.740. The summed E-state index contributed by atoms with van der Waals surface area (Å²) in [6.45, 7) is 6.29. The maximum absolute atomic E-state index is 10.3. The van der Waals surface area contributed by atoms with E-state index >= 15 is 0 Å². The van der Waals surface area contributed by atoms with Crippen LogP contribution in [0.2, 0.25) is 0 Å². The fourth-order valence-corrected chi connectivity index (χ4v) is 2.37. The van der Waals surface area contributed by atoms with Crippen molar-refractivity contribution in [1.29, 1.82) is 0 Å². The third-order valence-corrected chi connectivity index (χ3v) is 3.41. The zero-order valence-corrected chi connectivity index (χ0v) is 9.62. The van der Waals surface area contributed by atoms with Crippen molar-refractivity contribution in [2.24, 2.45) is 5.92 Å². The predicted octanol–water partition coefficient (Wildman–Crippen LogP) is 3.39. The highest BCUT2D eigenvalue weighted by atomic mass is 16.3. The standard InChI is InChI=1S/C14H18O/c1-4-11-7-8-12-9(2)5-6-10(3)13(12)14(11)15/h5-8,11,14-15H,4H2,1-3H3. The number of benzene rings is 1. The van der Waals surface area contributed by atoms with Gasteiger partial charge in [0.2, 0.25) is 0 Å². The summed E-state index contributed by atoms with van der Waals surface area (Å²) in [5.41, 5.74) is 4.79. The molecular weight excluding hydrogens is 184 g/mol. The molecule has 0 aromatic heterocycles. The summed E-state index contributed by atoms with van der Waals surface area (Å²) in [5.74, 6) is 0.276. The normalized spacial score (nSPS) is 24.0. The van der Waals surface area contributed by atoms with E-state index < -0.39 is 0 Å². The van der Waals surface area contributed by atoms with Crippen LogP contribution in [0.15, 0.2) is 18.2 Å². The number of aliphatic hydroxyl groups excluding tert-OH is 1. The largest absolute Gasteiger partial charge is 0.388 e. The molecule has 0 aliphatic heterocycles. The zero-order valence-electron chi connectivity index (χ0n) is 9.62. The maximum Gasteiger partial charge on any atom is 0.0861 e. The van der Waals surface area contributed by atoms with Gasteiger partial charge in [-0.1, -0.05) is 31.2 Å². The summed E-state index contributed by atoms with van der Waals surface area (Å²) in [6, 6.07) is 4.22. The van der Waals surface area contributed by atoms with E-state index in [1.807, 2.05) is 0 Å². The molecule has 1 heteroatoms. The number of aliphatic hydroxyl groups is 1. The van der Waals surface area contributed by atoms with Crippen molar-refractivity contribution in [1.82, 2.24) is 0 Å². The molecule has 0 spiro atoms. The van der Waals surface area contributed by atoms with E-state index in [4.69, 9.17) is 0 Å². The summed E-state index contributed by atoms with van der Waals surface area (Å²) < 4.78 is 0. The lowest BCUT2D eigenvalue weighted by atomic mass is 9.81. The van der Waals surface area contributed by atoms with E-state index in [1.165, 1.54) is 16.7 Å². The van der Waals surface area contributed by atoms with Crippen LogP contribution in [0.3, 0.4) is 0 Å². The molecule has 0 bridgehead atoms. The van der Waals surface area contributed by atoms with Gasteiger partial charge in [0, 0.05) is 5.92 Å². The molecule has 2 unspecified atom stereocenters. The average Bonchev–Trinajstić information content (AvgIpc) is 2.23. The first-order valence-electron chi connectivity index (χ1n) is 5.61. The highest BCUT2D eigenvalue weighted by molar-refractivity contribution is 5.63. The lowest BCUT2D eigenvalue weighted by molar-refractivity contribution is 0.127. The molecule has 0 heterocycles. The molecule has 0 fully saturated rings. The Kier molecular flexibility index (Phi) is 2.66. The molecular formula is C14H18O. The van der Waals surface area contributed by atoms with Gasteiger partial charge in [0.05, 0.1) is 6.10 Å². The number of hydrogen-bond acceptors (Lipinski definition) is 1. The Morgan fingerprint density at radius 3 is 2.53 bits per heavy atom. The van der Waals surface area contributed by atoms with E-state index in [0.717, 1.165) is 12.0 Å². The van der Waals surface area contributed by atoms with Gasteiger partial charge in [-0.2, -0.15) is 0 Å². The van der Waals surface area contributed by atoms with Crippen LogP contribution in [0.1, 0.15) is 41.7 Å². The van der Waals surface area contributed by atoms with Crippen molar-refractivity contribution in [2.45, 2.75) is 33.3 Å². The molecule has 0 radical (unpaired) electrons. The first-order chi connectivity index (χ1) is 7.15. The van der Waals surface area contributed by atoms with Gasteiger partial charge in [0.1, 0.15) is 0 Å². The Morgan fingerprint density at radius 1 is 1.20 bits per heavy atom. The molecule has 0 amide bonds. The monoisotopic (exact) mass is 202 g/mol. The lowest BCUT2D eigenvalue weighted by Gasteiger charge is -2.27. The van der Waals surface area contributed by atoms with Crippen molar-refractivity contribution in [3.8, 4) is 0 Å². The minimum atomic E-state index is -0.324. The molecule has 2 atom stereocenters. The number of hydrogen-bond donors (Lipinski definition) is 1. The summed E-state index contributed by atoms with van der Waals surface area (Å²) in [4.78, 5) is 0. The van der Waals surface area contributed by atoms with Crippen LogP contribution in [0.25, 0.3) is 6.08 Å². The van der Waals surface area contributed by atoms with Gasteiger partial charge in [0.25, 0.3) is 0 Å². The van der Waals surface area contributed by atoms with E-state index in [1.54, 1.807) is 0 Å². The fourth-order valence-electron chi connectivity index (χ4n) is 2.37. The average molecular weight is 202 g/mol.